The number of non-ortho nitro benzene ring substituents is 1. The summed E-state index contributed by atoms with van der Waals surface area (Å²) in [6.07, 6.45) is 2.97. The van der Waals surface area contributed by atoms with Crippen LogP contribution in [-0.4, -0.2) is 62.1 Å². The molecule has 0 unspecified atom stereocenters. The molecule has 176 valence electrons. The van der Waals surface area contributed by atoms with Crippen molar-refractivity contribution >= 4 is 56.8 Å². The number of methoxy groups -OCH3 is 2. The number of nitrogens with zero attached hydrogens (tertiary/aromatic N) is 4. The van der Waals surface area contributed by atoms with E-state index in [4.69, 9.17) is 9.47 Å². The number of thiazole rings is 1. The number of anilines is 1. The minimum absolute atomic E-state index is 0. The molecule has 11 heteroatoms. The van der Waals surface area contributed by atoms with Gasteiger partial charge in [0.2, 0.25) is 0 Å². The van der Waals surface area contributed by atoms with Crippen molar-refractivity contribution in [3.8, 4) is 11.5 Å². The van der Waals surface area contributed by atoms with E-state index in [1.807, 2.05) is 25.1 Å². The van der Waals surface area contributed by atoms with Gasteiger partial charge in [0.05, 0.1) is 29.4 Å². The van der Waals surface area contributed by atoms with Gasteiger partial charge in [0.15, 0.2) is 16.6 Å². The number of rotatable bonds is 9. The largest absolute Gasteiger partial charge is 0.493 e. The van der Waals surface area contributed by atoms with Gasteiger partial charge in [0.1, 0.15) is 0 Å². The Labute approximate surface area is 201 Å². The number of amides is 1. The highest BCUT2D eigenvalue weighted by molar-refractivity contribution is 7.22. The maximum Gasteiger partial charge on any atom is 0.270 e. The Morgan fingerprint density at radius 1 is 1.15 bits per heavy atom. The van der Waals surface area contributed by atoms with E-state index in [1.54, 1.807) is 43.4 Å². The summed E-state index contributed by atoms with van der Waals surface area (Å²) in [7, 11) is 6.98. The molecular weight excluding hydrogens is 468 g/mol. The van der Waals surface area contributed by atoms with Crippen LogP contribution in [0.15, 0.2) is 42.5 Å². The lowest BCUT2D eigenvalue weighted by Crippen LogP contribution is -2.35. The molecule has 0 radical (unpaired) electrons. The van der Waals surface area contributed by atoms with E-state index >= 15 is 0 Å². The van der Waals surface area contributed by atoms with Crippen LogP contribution in [0.5, 0.6) is 11.5 Å². The summed E-state index contributed by atoms with van der Waals surface area (Å²) in [5.41, 5.74) is 1.24. The van der Waals surface area contributed by atoms with E-state index in [1.165, 1.54) is 29.5 Å². The standard InChI is InChI=1S/C22H24N4O5S.ClH/c1-24(2)10-11-25(21(27)9-8-15-6-5-7-16(12-15)26(28)29)22-23-17-13-18(30-3)19(31-4)14-20(17)32-22;/h5-9,12-14H,10-11H2,1-4H3;1H. The molecule has 1 amide bonds. The number of carbonyl (C=O) groups is 1. The summed E-state index contributed by atoms with van der Waals surface area (Å²) in [5.74, 6) is 0.886. The van der Waals surface area contributed by atoms with Crippen LogP contribution in [-0.2, 0) is 4.79 Å². The Morgan fingerprint density at radius 2 is 1.85 bits per heavy atom. The molecule has 0 aliphatic rings. The molecule has 0 saturated heterocycles. The van der Waals surface area contributed by atoms with E-state index in [9.17, 15) is 14.9 Å². The third-order valence-electron chi connectivity index (χ3n) is 4.65. The van der Waals surface area contributed by atoms with Gasteiger partial charge in [-0.3, -0.25) is 19.8 Å². The number of ether oxygens (including phenoxy) is 2. The normalized spacial score (nSPS) is 10.9. The van der Waals surface area contributed by atoms with Gasteiger partial charge in [-0.15, -0.1) is 12.4 Å². The first kappa shape index (κ1) is 26.0. The zero-order valence-electron chi connectivity index (χ0n) is 18.7. The molecular formula is C22H25ClN4O5S. The first-order valence-corrected chi connectivity index (χ1v) is 10.6. The van der Waals surface area contributed by atoms with Gasteiger partial charge in [-0.2, -0.15) is 0 Å². The van der Waals surface area contributed by atoms with Crippen molar-refractivity contribution in [1.82, 2.24) is 9.88 Å². The van der Waals surface area contributed by atoms with E-state index in [0.717, 1.165) is 4.70 Å². The number of likely N-dealkylation sites (N-methyl/N-ethyl adjacent to an activating group) is 1. The molecule has 2 aromatic carbocycles. The predicted molar refractivity (Wildman–Crippen MR) is 133 cm³/mol. The number of nitro groups is 1. The maximum atomic E-state index is 13.1. The Hall–Kier alpha value is -3.21. The van der Waals surface area contributed by atoms with E-state index in [0.29, 0.717) is 40.8 Å². The van der Waals surface area contributed by atoms with Crippen LogP contribution in [0.1, 0.15) is 5.56 Å². The molecule has 0 spiro atoms. The van der Waals surface area contributed by atoms with Crippen LogP contribution >= 0.6 is 23.7 Å². The zero-order chi connectivity index (χ0) is 23.3. The molecule has 3 aromatic rings. The van der Waals surface area contributed by atoms with Gasteiger partial charge in [-0.1, -0.05) is 23.5 Å². The van der Waals surface area contributed by atoms with Crippen LogP contribution in [0, 0.1) is 10.1 Å². The SMILES string of the molecule is COc1cc2nc(N(CCN(C)C)C(=O)C=Cc3cccc([N+](=O)[O-])c3)sc2cc1OC.Cl. The number of benzene rings is 2. The minimum atomic E-state index is -0.466. The monoisotopic (exact) mass is 492 g/mol. The molecule has 0 bridgehead atoms. The number of halogens is 1. The van der Waals surface area contributed by atoms with Crippen LogP contribution in [0.4, 0.5) is 10.8 Å². The highest BCUT2D eigenvalue weighted by Crippen LogP contribution is 2.37. The highest BCUT2D eigenvalue weighted by Gasteiger charge is 2.19. The molecule has 1 aromatic heterocycles. The molecule has 3 rings (SSSR count). The minimum Gasteiger partial charge on any atom is -0.493 e. The Bertz CT molecular complexity index is 1120. The quantitative estimate of drug-likeness (QED) is 0.250. The Kier molecular flexibility index (Phi) is 9.15. The molecule has 33 heavy (non-hydrogen) atoms. The van der Waals surface area contributed by atoms with Crippen LogP contribution in [0.25, 0.3) is 16.3 Å². The van der Waals surface area contributed by atoms with Crippen molar-refractivity contribution in [3.05, 3.63) is 58.2 Å². The second-order valence-electron chi connectivity index (χ2n) is 7.15. The third-order valence-corrected chi connectivity index (χ3v) is 5.69. The van der Waals surface area contributed by atoms with Gasteiger partial charge < -0.3 is 14.4 Å². The highest BCUT2D eigenvalue weighted by atomic mass is 35.5. The molecule has 0 atom stereocenters. The number of nitro benzene ring substituents is 1. The molecule has 0 aliphatic heterocycles. The van der Waals surface area contributed by atoms with Gasteiger partial charge in [0.25, 0.3) is 11.6 Å². The number of aromatic nitrogens is 1. The van der Waals surface area contributed by atoms with E-state index in [-0.39, 0.29) is 24.0 Å². The number of fused-ring (bicyclic) bond motifs is 1. The fourth-order valence-corrected chi connectivity index (χ4v) is 3.97. The van der Waals surface area contributed by atoms with Crippen molar-refractivity contribution in [2.75, 3.05) is 46.3 Å². The molecule has 0 aliphatic carbocycles. The van der Waals surface area contributed by atoms with Crippen molar-refractivity contribution in [1.29, 1.82) is 0 Å². The number of hydrogen-bond donors (Lipinski definition) is 0. The summed E-state index contributed by atoms with van der Waals surface area (Å²) in [5, 5.41) is 11.5. The van der Waals surface area contributed by atoms with Gasteiger partial charge in [0, 0.05) is 43.4 Å². The van der Waals surface area contributed by atoms with Gasteiger partial charge in [-0.05, 0) is 25.7 Å². The van der Waals surface area contributed by atoms with Gasteiger partial charge >= 0.3 is 0 Å². The smallest absolute Gasteiger partial charge is 0.270 e. The lowest BCUT2D eigenvalue weighted by atomic mass is 10.2. The first-order valence-electron chi connectivity index (χ1n) is 9.73. The molecule has 0 N–H and O–H groups in total. The topological polar surface area (TPSA) is 98.0 Å². The van der Waals surface area contributed by atoms with Crippen LogP contribution < -0.4 is 14.4 Å². The van der Waals surface area contributed by atoms with Crippen molar-refractivity contribution in [2.45, 2.75) is 0 Å². The van der Waals surface area contributed by atoms with Gasteiger partial charge in [-0.25, -0.2) is 4.98 Å². The van der Waals surface area contributed by atoms with E-state index in [2.05, 4.69) is 4.98 Å². The maximum absolute atomic E-state index is 13.1. The predicted octanol–water partition coefficient (Wildman–Crippen LogP) is 4.25. The second-order valence-corrected chi connectivity index (χ2v) is 8.16. The average molecular weight is 493 g/mol. The van der Waals surface area contributed by atoms with Crippen molar-refractivity contribution < 1.29 is 19.2 Å². The summed E-state index contributed by atoms with van der Waals surface area (Å²) >= 11 is 1.38. The molecule has 1 heterocycles. The van der Waals surface area contributed by atoms with Crippen molar-refractivity contribution in [3.63, 3.8) is 0 Å². The second kappa shape index (κ2) is 11.6. The van der Waals surface area contributed by atoms with Crippen LogP contribution in [0.2, 0.25) is 0 Å². The molecule has 0 saturated carbocycles. The fourth-order valence-electron chi connectivity index (χ4n) is 2.96. The molecule has 9 nitrogen and oxygen atoms in total. The summed E-state index contributed by atoms with van der Waals surface area (Å²) in [6.45, 7) is 1.07. The Morgan fingerprint density at radius 3 is 2.48 bits per heavy atom. The lowest BCUT2D eigenvalue weighted by Gasteiger charge is -2.20. The molecule has 0 fully saturated rings. The Balaban J connectivity index is 0.00000385. The van der Waals surface area contributed by atoms with Crippen LogP contribution in [0.3, 0.4) is 0 Å². The van der Waals surface area contributed by atoms with Crippen molar-refractivity contribution in [2.24, 2.45) is 0 Å². The lowest BCUT2D eigenvalue weighted by molar-refractivity contribution is -0.384. The fraction of sp³-hybridized carbons (Fsp3) is 0.273. The first-order chi connectivity index (χ1) is 15.3. The zero-order valence-corrected chi connectivity index (χ0v) is 20.3. The average Bonchev–Trinajstić information content (AvgIpc) is 3.19. The number of hydrogen-bond acceptors (Lipinski definition) is 8. The summed E-state index contributed by atoms with van der Waals surface area (Å²) in [4.78, 5) is 31.8. The van der Waals surface area contributed by atoms with E-state index < -0.39 is 4.92 Å². The number of carbonyl (C=O) groups excluding carboxylic acids is 1. The summed E-state index contributed by atoms with van der Waals surface area (Å²) < 4.78 is 11.6. The third kappa shape index (κ3) is 6.41. The summed E-state index contributed by atoms with van der Waals surface area (Å²) in [6, 6.07) is 9.73.